The van der Waals surface area contributed by atoms with Crippen LogP contribution in [0.15, 0.2) is 47.5 Å². The first kappa shape index (κ1) is 23.1. The highest BCUT2D eigenvalue weighted by Gasteiger charge is 2.35. The van der Waals surface area contributed by atoms with Gasteiger partial charge >= 0.3 is 6.18 Å². The highest BCUT2D eigenvalue weighted by molar-refractivity contribution is 7.99. The van der Waals surface area contributed by atoms with Crippen molar-refractivity contribution in [3.63, 3.8) is 0 Å². The van der Waals surface area contributed by atoms with Crippen molar-refractivity contribution in [1.29, 1.82) is 0 Å². The van der Waals surface area contributed by atoms with E-state index >= 15 is 0 Å². The van der Waals surface area contributed by atoms with Crippen molar-refractivity contribution in [3.8, 4) is 11.5 Å². The second kappa shape index (κ2) is 10.2. The fraction of sp³-hybridized carbons (Fsp3) is 0.333. The molecule has 0 fully saturated rings. The molecule has 0 bridgehead atoms. The molecule has 6 nitrogen and oxygen atoms in total. The number of hydrogen-bond acceptors (Lipinski definition) is 7. The van der Waals surface area contributed by atoms with Crippen molar-refractivity contribution < 1.29 is 32.5 Å². The maximum Gasteiger partial charge on any atom is 0.451 e. The molecule has 0 spiro atoms. The fourth-order valence-corrected chi connectivity index (χ4v) is 3.72. The zero-order valence-electron chi connectivity index (χ0n) is 16.8. The van der Waals surface area contributed by atoms with Gasteiger partial charge < -0.3 is 19.3 Å². The number of para-hydroxylation sites is 1. The van der Waals surface area contributed by atoms with Gasteiger partial charge in [0.25, 0.3) is 0 Å². The average Bonchev–Trinajstić information content (AvgIpc) is 2.76. The van der Waals surface area contributed by atoms with Crippen LogP contribution in [0.5, 0.6) is 11.5 Å². The van der Waals surface area contributed by atoms with Crippen molar-refractivity contribution in [3.05, 3.63) is 53.9 Å². The van der Waals surface area contributed by atoms with Gasteiger partial charge in [-0.05, 0) is 23.8 Å². The molecule has 1 atom stereocenters. The van der Waals surface area contributed by atoms with Gasteiger partial charge in [0.15, 0.2) is 11.5 Å². The number of alkyl halides is 3. The Kier molecular flexibility index (Phi) is 7.58. The first-order chi connectivity index (χ1) is 14.8. The minimum atomic E-state index is -4.65. The van der Waals surface area contributed by atoms with Gasteiger partial charge in [-0.1, -0.05) is 24.3 Å². The van der Waals surface area contributed by atoms with Gasteiger partial charge in [-0.2, -0.15) is 13.2 Å². The zero-order chi connectivity index (χ0) is 22.4. The molecule has 3 rings (SSSR count). The van der Waals surface area contributed by atoms with E-state index in [-0.39, 0.29) is 29.5 Å². The number of ether oxygens (including phenoxy) is 3. The Balaban J connectivity index is 1.60. The Labute approximate surface area is 181 Å². The molecule has 1 aromatic heterocycles. The third-order valence-electron chi connectivity index (χ3n) is 4.26. The smallest absolute Gasteiger partial charge is 0.451 e. The molecule has 2 aromatic carbocycles. The fourth-order valence-electron chi connectivity index (χ4n) is 2.79. The van der Waals surface area contributed by atoms with Gasteiger partial charge in [0.05, 0.1) is 39.1 Å². The molecule has 0 saturated heterocycles. The minimum Gasteiger partial charge on any atom is -0.493 e. The molecule has 0 saturated carbocycles. The van der Waals surface area contributed by atoms with Crippen LogP contribution in [0.1, 0.15) is 11.4 Å². The van der Waals surface area contributed by atoms with Crippen molar-refractivity contribution >= 4 is 22.7 Å². The summed E-state index contributed by atoms with van der Waals surface area (Å²) >= 11 is 1.03. The van der Waals surface area contributed by atoms with Gasteiger partial charge in [-0.25, -0.2) is 9.97 Å². The van der Waals surface area contributed by atoms with Gasteiger partial charge in [0.1, 0.15) is 5.03 Å². The summed E-state index contributed by atoms with van der Waals surface area (Å²) in [6, 6.07) is 11.8. The van der Waals surface area contributed by atoms with Crippen LogP contribution < -0.4 is 9.47 Å². The van der Waals surface area contributed by atoms with E-state index in [4.69, 9.17) is 14.2 Å². The van der Waals surface area contributed by atoms with E-state index in [0.717, 1.165) is 17.3 Å². The van der Waals surface area contributed by atoms with Gasteiger partial charge in [-0.15, -0.1) is 11.8 Å². The van der Waals surface area contributed by atoms with Crippen LogP contribution in [0.2, 0.25) is 0 Å². The number of fused-ring (bicyclic) bond motifs is 1. The maximum atomic E-state index is 13.1. The number of nitrogens with zero attached hydrogens (tertiary/aromatic N) is 2. The Morgan fingerprint density at radius 3 is 2.48 bits per heavy atom. The molecule has 0 aliphatic rings. The van der Waals surface area contributed by atoms with E-state index < -0.39 is 18.1 Å². The third kappa shape index (κ3) is 5.99. The Bertz CT molecular complexity index is 1030. The normalized spacial score (nSPS) is 12.7. The van der Waals surface area contributed by atoms with Crippen LogP contribution in [0, 0.1) is 0 Å². The summed E-state index contributed by atoms with van der Waals surface area (Å²) in [7, 11) is 3.07. The Morgan fingerprint density at radius 2 is 1.77 bits per heavy atom. The lowest BCUT2D eigenvalue weighted by atomic mass is 10.2. The standard InChI is InChI=1S/C21H21F3N2O4S/c1-28-17-8-7-13(9-18(17)29-2)10-30-11-14(27)12-31-19-15-5-3-4-6-16(15)25-20(26-19)21(22,23)24/h3-9,14,27H,10-12H2,1-2H3. The largest absolute Gasteiger partial charge is 0.493 e. The van der Waals surface area contributed by atoms with E-state index in [1.807, 2.05) is 6.07 Å². The van der Waals surface area contributed by atoms with Gasteiger partial charge in [0, 0.05) is 11.1 Å². The monoisotopic (exact) mass is 454 g/mol. The molecule has 1 N–H and O–H groups in total. The number of benzene rings is 2. The lowest BCUT2D eigenvalue weighted by molar-refractivity contribution is -0.145. The minimum absolute atomic E-state index is 0.0104. The average molecular weight is 454 g/mol. The van der Waals surface area contributed by atoms with Crippen molar-refractivity contribution in [2.75, 3.05) is 26.6 Å². The molecule has 0 radical (unpaired) electrons. The molecule has 1 heterocycles. The van der Waals surface area contributed by atoms with E-state index in [1.54, 1.807) is 37.4 Å². The van der Waals surface area contributed by atoms with E-state index in [1.165, 1.54) is 13.2 Å². The molecule has 10 heteroatoms. The number of rotatable bonds is 9. The molecular formula is C21H21F3N2O4S. The molecule has 0 amide bonds. The summed E-state index contributed by atoms with van der Waals surface area (Å²) in [6.45, 7) is 0.243. The lowest BCUT2D eigenvalue weighted by Crippen LogP contribution is -2.18. The van der Waals surface area contributed by atoms with Crippen molar-refractivity contribution in [1.82, 2.24) is 9.97 Å². The van der Waals surface area contributed by atoms with Crippen LogP contribution in [0.3, 0.4) is 0 Å². The number of thioether (sulfide) groups is 1. The Morgan fingerprint density at radius 1 is 1.03 bits per heavy atom. The number of aliphatic hydroxyl groups excluding tert-OH is 1. The highest BCUT2D eigenvalue weighted by Crippen LogP contribution is 2.32. The predicted molar refractivity (Wildman–Crippen MR) is 110 cm³/mol. The summed E-state index contributed by atoms with van der Waals surface area (Å²) in [5.41, 5.74) is 1.03. The highest BCUT2D eigenvalue weighted by atomic mass is 32.2. The number of aliphatic hydroxyl groups is 1. The van der Waals surface area contributed by atoms with E-state index in [9.17, 15) is 18.3 Å². The summed E-state index contributed by atoms with van der Waals surface area (Å²) < 4.78 is 55.3. The van der Waals surface area contributed by atoms with Gasteiger partial charge in [-0.3, -0.25) is 0 Å². The molecule has 3 aromatic rings. The lowest BCUT2D eigenvalue weighted by Gasteiger charge is -2.14. The molecular weight excluding hydrogens is 433 g/mol. The van der Waals surface area contributed by atoms with Crippen LogP contribution in [0.25, 0.3) is 10.9 Å². The van der Waals surface area contributed by atoms with Crippen molar-refractivity contribution in [2.24, 2.45) is 0 Å². The molecule has 166 valence electrons. The first-order valence-corrected chi connectivity index (χ1v) is 10.2. The van der Waals surface area contributed by atoms with Crippen LogP contribution >= 0.6 is 11.8 Å². The SMILES string of the molecule is COc1ccc(COCC(O)CSc2nc(C(F)(F)F)nc3ccccc23)cc1OC. The number of halogens is 3. The second-order valence-electron chi connectivity index (χ2n) is 6.54. The quantitative estimate of drug-likeness (QED) is 0.381. The van der Waals surface area contributed by atoms with Crippen LogP contribution in [-0.4, -0.2) is 47.8 Å². The Hall–Kier alpha value is -2.56. The molecule has 31 heavy (non-hydrogen) atoms. The summed E-state index contributed by atoms with van der Waals surface area (Å²) in [4.78, 5) is 7.24. The first-order valence-electron chi connectivity index (χ1n) is 9.25. The molecule has 0 aliphatic carbocycles. The third-order valence-corrected chi connectivity index (χ3v) is 5.40. The maximum absolute atomic E-state index is 13.1. The van der Waals surface area contributed by atoms with E-state index in [0.29, 0.717) is 16.9 Å². The summed E-state index contributed by atoms with van der Waals surface area (Å²) in [6.07, 6.45) is -5.55. The zero-order valence-corrected chi connectivity index (χ0v) is 17.7. The topological polar surface area (TPSA) is 73.7 Å². The van der Waals surface area contributed by atoms with Crippen LogP contribution in [0.4, 0.5) is 13.2 Å². The van der Waals surface area contributed by atoms with E-state index in [2.05, 4.69) is 9.97 Å². The molecule has 0 aliphatic heterocycles. The van der Waals surface area contributed by atoms with Crippen LogP contribution in [-0.2, 0) is 17.5 Å². The number of aromatic nitrogens is 2. The number of methoxy groups -OCH3 is 2. The molecule has 1 unspecified atom stereocenters. The van der Waals surface area contributed by atoms with Crippen molar-refractivity contribution in [2.45, 2.75) is 23.9 Å². The summed E-state index contributed by atoms with van der Waals surface area (Å²) in [5, 5.41) is 10.9. The van der Waals surface area contributed by atoms with Gasteiger partial charge in [0.2, 0.25) is 5.82 Å². The summed E-state index contributed by atoms with van der Waals surface area (Å²) in [5.74, 6) is 0.0752. The second-order valence-corrected chi connectivity index (χ2v) is 7.55. The number of hydrogen-bond donors (Lipinski definition) is 1. The predicted octanol–water partition coefficient (Wildman–Crippen LogP) is 4.34.